The van der Waals surface area contributed by atoms with Gasteiger partial charge in [0.05, 0.1) is 6.61 Å². The van der Waals surface area contributed by atoms with E-state index in [2.05, 4.69) is 0 Å². The highest BCUT2D eigenvalue weighted by atomic mass is 16.5. The van der Waals surface area contributed by atoms with Gasteiger partial charge in [-0.05, 0) is 26.2 Å². The van der Waals surface area contributed by atoms with Gasteiger partial charge in [0.25, 0.3) is 0 Å². The van der Waals surface area contributed by atoms with Gasteiger partial charge in [-0.2, -0.15) is 0 Å². The largest absolute Gasteiger partial charge is 0.464 e. The van der Waals surface area contributed by atoms with E-state index in [4.69, 9.17) is 4.74 Å². The first-order chi connectivity index (χ1) is 6.70. The zero-order valence-electron chi connectivity index (χ0n) is 8.41. The molecule has 0 N–H and O–H groups in total. The molecule has 4 nitrogen and oxygen atoms in total. The fraction of sp³-hybridized carbons (Fsp3) is 0.800. The predicted molar refractivity (Wildman–Crippen MR) is 49.5 cm³/mol. The highest BCUT2D eigenvalue weighted by molar-refractivity contribution is 5.92. The van der Waals surface area contributed by atoms with E-state index in [9.17, 15) is 9.59 Å². The van der Waals surface area contributed by atoms with Gasteiger partial charge in [0.15, 0.2) is 0 Å². The molecule has 2 rings (SSSR count). The first kappa shape index (κ1) is 9.49. The fourth-order valence-electron chi connectivity index (χ4n) is 2.53. The lowest BCUT2D eigenvalue weighted by Gasteiger charge is -2.29. The molecule has 0 aromatic carbocycles. The van der Waals surface area contributed by atoms with Gasteiger partial charge >= 0.3 is 5.97 Å². The molecule has 0 bridgehead atoms. The van der Waals surface area contributed by atoms with Crippen LogP contribution in [-0.2, 0) is 14.3 Å². The maximum Gasteiger partial charge on any atom is 0.332 e. The second-order valence-electron chi connectivity index (χ2n) is 3.90. The number of rotatable bonds is 2. The van der Waals surface area contributed by atoms with Gasteiger partial charge in [-0.25, -0.2) is 4.79 Å². The number of carbonyl (C=O) groups is 2. The number of ether oxygens (including phenoxy) is 1. The van der Waals surface area contributed by atoms with Gasteiger partial charge < -0.3 is 9.64 Å². The molecule has 0 radical (unpaired) electrons. The number of hydrogen-bond donors (Lipinski definition) is 0. The van der Waals surface area contributed by atoms with Crippen LogP contribution < -0.4 is 0 Å². The maximum atomic E-state index is 11.8. The standard InChI is InChI=1S/C10H15NO3/c1-2-14-9(13)10-5-3-7-11(10)8(12)4-6-10/h2-7H2,1H3/t10-/m0/s1. The third-order valence-corrected chi connectivity index (χ3v) is 3.20. The normalized spacial score (nSPS) is 30.6. The number of amides is 1. The van der Waals surface area contributed by atoms with Crippen LogP contribution in [0.5, 0.6) is 0 Å². The maximum absolute atomic E-state index is 11.8. The Morgan fingerprint density at radius 3 is 3.07 bits per heavy atom. The SMILES string of the molecule is CCOC(=O)[C@@]12CCCN1C(=O)CC2. The van der Waals surface area contributed by atoms with Crippen LogP contribution >= 0.6 is 0 Å². The fourth-order valence-corrected chi connectivity index (χ4v) is 2.53. The summed E-state index contributed by atoms with van der Waals surface area (Å²) in [5.74, 6) is -0.0982. The van der Waals surface area contributed by atoms with Crippen molar-refractivity contribution < 1.29 is 14.3 Å². The van der Waals surface area contributed by atoms with Crippen molar-refractivity contribution in [2.24, 2.45) is 0 Å². The number of fused-ring (bicyclic) bond motifs is 1. The molecule has 2 heterocycles. The lowest BCUT2D eigenvalue weighted by Crippen LogP contribution is -2.48. The topological polar surface area (TPSA) is 46.6 Å². The molecule has 2 saturated heterocycles. The molecule has 0 spiro atoms. The third-order valence-electron chi connectivity index (χ3n) is 3.20. The summed E-state index contributed by atoms with van der Waals surface area (Å²) in [5.41, 5.74) is -0.590. The predicted octanol–water partition coefficient (Wildman–Crippen LogP) is 0.704. The third kappa shape index (κ3) is 1.13. The van der Waals surface area contributed by atoms with E-state index in [-0.39, 0.29) is 11.9 Å². The highest BCUT2D eigenvalue weighted by Crippen LogP contribution is 2.40. The lowest BCUT2D eigenvalue weighted by atomic mass is 9.94. The van der Waals surface area contributed by atoms with Crippen LogP contribution in [0, 0.1) is 0 Å². The average Bonchev–Trinajstić information content (AvgIpc) is 2.69. The quantitative estimate of drug-likeness (QED) is 0.612. The van der Waals surface area contributed by atoms with Crippen molar-refractivity contribution in [1.82, 2.24) is 4.90 Å². The van der Waals surface area contributed by atoms with E-state index in [1.54, 1.807) is 11.8 Å². The van der Waals surface area contributed by atoms with Gasteiger partial charge in [0.2, 0.25) is 5.91 Å². The lowest BCUT2D eigenvalue weighted by molar-refractivity contribution is -0.157. The Labute approximate surface area is 83.2 Å². The van der Waals surface area contributed by atoms with Crippen molar-refractivity contribution in [1.29, 1.82) is 0 Å². The number of nitrogens with zero attached hydrogens (tertiary/aromatic N) is 1. The molecule has 0 saturated carbocycles. The van der Waals surface area contributed by atoms with Crippen LogP contribution in [0.15, 0.2) is 0 Å². The molecule has 0 aromatic heterocycles. The molecule has 0 aromatic rings. The zero-order chi connectivity index (χ0) is 10.2. The Morgan fingerprint density at radius 1 is 1.57 bits per heavy atom. The van der Waals surface area contributed by atoms with Gasteiger partial charge in [-0.15, -0.1) is 0 Å². The molecule has 78 valence electrons. The Balaban J connectivity index is 2.21. The average molecular weight is 197 g/mol. The Hall–Kier alpha value is -1.06. The van der Waals surface area contributed by atoms with Crippen molar-refractivity contribution >= 4 is 11.9 Å². The summed E-state index contributed by atoms with van der Waals surface area (Å²) in [6, 6.07) is 0. The number of esters is 1. The van der Waals surface area contributed by atoms with Crippen LogP contribution in [-0.4, -0.2) is 35.5 Å². The summed E-state index contributed by atoms with van der Waals surface area (Å²) in [6.45, 7) is 2.91. The molecule has 0 aliphatic carbocycles. The highest BCUT2D eigenvalue weighted by Gasteiger charge is 2.54. The van der Waals surface area contributed by atoms with E-state index < -0.39 is 5.54 Å². The summed E-state index contributed by atoms with van der Waals surface area (Å²) in [4.78, 5) is 25.0. The first-order valence-corrected chi connectivity index (χ1v) is 5.18. The van der Waals surface area contributed by atoms with Gasteiger partial charge in [0, 0.05) is 13.0 Å². The van der Waals surface area contributed by atoms with Crippen LogP contribution in [0.3, 0.4) is 0 Å². The summed E-state index contributed by atoms with van der Waals surface area (Å²) in [5, 5.41) is 0. The van der Waals surface area contributed by atoms with Crippen molar-refractivity contribution in [3.8, 4) is 0 Å². The van der Waals surface area contributed by atoms with E-state index in [0.29, 0.717) is 19.4 Å². The summed E-state index contributed by atoms with van der Waals surface area (Å²) in [7, 11) is 0. The van der Waals surface area contributed by atoms with Crippen molar-refractivity contribution in [2.45, 2.75) is 38.1 Å². The van der Waals surface area contributed by atoms with Gasteiger partial charge in [0.1, 0.15) is 5.54 Å². The summed E-state index contributed by atoms with van der Waals surface area (Å²) >= 11 is 0. The van der Waals surface area contributed by atoms with Crippen LogP contribution in [0.2, 0.25) is 0 Å². The molecule has 2 aliphatic heterocycles. The second kappa shape index (κ2) is 3.26. The molecule has 1 atom stereocenters. The van der Waals surface area contributed by atoms with E-state index in [0.717, 1.165) is 19.4 Å². The smallest absolute Gasteiger partial charge is 0.332 e. The minimum Gasteiger partial charge on any atom is -0.464 e. The molecule has 1 amide bonds. The molecule has 14 heavy (non-hydrogen) atoms. The van der Waals surface area contributed by atoms with E-state index in [1.807, 2.05) is 0 Å². The first-order valence-electron chi connectivity index (χ1n) is 5.18. The zero-order valence-corrected chi connectivity index (χ0v) is 8.41. The van der Waals surface area contributed by atoms with Crippen LogP contribution in [0.4, 0.5) is 0 Å². The van der Waals surface area contributed by atoms with E-state index >= 15 is 0 Å². The van der Waals surface area contributed by atoms with Crippen LogP contribution in [0.1, 0.15) is 32.6 Å². The van der Waals surface area contributed by atoms with Gasteiger partial charge in [-0.1, -0.05) is 0 Å². The van der Waals surface area contributed by atoms with E-state index in [1.165, 1.54) is 0 Å². The Bertz CT molecular complexity index is 277. The number of hydrogen-bond acceptors (Lipinski definition) is 3. The minimum absolute atomic E-state index is 0.107. The Morgan fingerprint density at radius 2 is 2.36 bits per heavy atom. The van der Waals surface area contributed by atoms with Crippen molar-refractivity contribution in [3.63, 3.8) is 0 Å². The molecule has 2 fully saturated rings. The number of carbonyl (C=O) groups excluding carboxylic acids is 2. The molecular weight excluding hydrogens is 182 g/mol. The molecular formula is C10H15NO3. The molecule has 0 unspecified atom stereocenters. The van der Waals surface area contributed by atoms with Crippen molar-refractivity contribution in [3.05, 3.63) is 0 Å². The second-order valence-corrected chi connectivity index (χ2v) is 3.90. The van der Waals surface area contributed by atoms with Crippen LogP contribution in [0.25, 0.3) is 0 Å². The Kier molecular flexibility index (Phi) is 2.21. The van der Waals surface area contributed by atoms with Gasteiger partial charge in [-0.3, -0.25) is 4.79 Å². The molecule has 4 heteroatoms. The monoisotopic (exact) mass is 197 g/mol. The molecule has 2 aliphatic rings. The minimum atomic E-state index is -0.590. The van der Waals surface area contributed by atoms with Crippen molar-refractivity contribution in [2.75, 3.05) is 13.2 Å². The summed E-state index contributed by atoms with van der Waals surface area (Å²) < 4.78 is 5.05. The summed E-state index contributed by atoms with van der Waals surface area (Å²) in [6.07, 6.45) is 2.84.